The van der Waals surface area contributed by atoms with Crippen LogP contribution in [0.4, 0.5) is 13.2 Å². The van der Waals surface area contributed by atoms with Crippen LogP contribution in [0.25, 0.3) is 0 Å². The second-order valence-electron chi connectivity index (χ2n) is 11.8. The van der Waals surface area contributed by atoms with Gasteiger partial charge in [-0.2, -0.15) is 13.2 Å². The van der Waals surface area contributed by atoms with Gasteiger partial charge in [0.1, 0.15) is 22.8 Å². The zero-order valence-corrected chi connectivity index (χ0v) is 23.9. The Labute approximate surface area is 245 Å². The fourth-order valence-electron chi connectivity index (χ4n) is 7.40. The lowest BCUT2D eigenvalue weighted by atomic mass is 9.58. The molecule has 1 saturated heterocycles. The molecule has 0 bridgehead atoms. The van der Waals surface area contributed by atoms with Crippen molar-refractivity contribution in [1.29, 1.82) is 0 Å². The largest absolute Gasteiger partial charge is 0.510 e. The maximum atomic E-state index is 14.8. The molecule has 5 atom stereocenters. The number of carbonyl (C=O) groups excluding carboxylic acids is 3. The molecule has 1 aromatic rings. The first-order chi connectivity index (χ1) is 20.0. The first kappa shape index (κ1) is 31.0. The number of amides is 1. The minimum Gasteiger partial charge on any atom is -0.510 e. The lowest BCUT2D eigenvalue weighted by Crippen LogP contribution is -2.63. The summed E-state index contributed by atoms with van der Waals surface area (Å²) < 4.78 is 49.7. The highest BCUT2D eigenvalue weighted by atomic mass is 19.4. The number of fused-ring (bicyclic) bond motifs is 3. The van der Waals surface area contributed by atoms with E-state index in [0.29, 0.717) is 26.2 Å². The van der Waals surface area contributed by atoms with Gasteiger partial charge in [0.25, 0.3) is 5.91 Å². The Hall–Kier alpha value is -3.46. The number of rotatable bonds is 6. The number of halogens is 3. The number of nitrogens with two attached hydrogens (primary N) is 1. The van der Waals surface area contributed by atoms with E-state index in [1.807, 2.05) is 4.90 Å². The van der Waals surface area contributed by atoms with Crippen molar-refractivity contribution in [1.82, 2.24) is 9.80 Å². The van der Waals surface area contributed by atoms with Gasteiger partial charge in [-0.3, -0.25) is 24.2 Å². The molecule has 11 nitrogen and oxygen atoms in total. The molecule has 0 spiro atoms. The number of nitrogens with zero attached hydrogens (tertiary/aromatic N) is 2. The van der Waals surface area contributed by atoms with Crippen molar-refractivity contribution in [2.45, 2.75) is 56.6 Å². The van der Waals surface area contributed by atoms with Crippen molar-refractivity contribution < 1.29 is 52.7 Å². The van der Waals surface area contributed by atoms with E-state index in [9.17, 15) is 48.0 Å². The Morgan fingerprint density at radius 1 is 1.21 bits per heavy atom. The van der Waals surface area contributed by atoms with Crippen molar-refractivity contribution >= 4 is 17.5 Å². The van der Waals surface area contributed by atoms with Gasteiger partial charge in [0.05, 0.1) is 23.8 Å². The second-order valence-corrected chi connectivity index (χ2v) is 11.8. The fraction of sp³-hybridized carbons (Fsp3) is 0.552. The Morgan fingerprint density at radius 3 is 2.42 bits per heavy atom. The van der Waals surface area contributed by atoms with Crippen LogP contribution in [0.1, 0.15) is 46.8 Å². The van der Waals surface area contributed by atoms with E-state index in [-0.39, 0.29) is 24.6 Å². The van der Waals surface area contributed by atoms with Crippen molar-refractivity contribution in [3.05, 3.63) is 51.0 Å². The molecule has 1 amide bonds. The molecule has 14 heteroatoms. The number of likely N-dealkylation sites (N-methyl/N-ethyl adjacent to an activating group) is 2. The molecule has 1 heterocycles. The summed E-state index contributed by atoms with van der Waals surface area (Å²) in [5.41, 5.74) is -1.45. The number of alkyl halides is 3. The van der Waals surface area contributed by atoms with Gasteiger partial charge in [-0.05, 0) is 63.0 Å². The lowest BCUT2D eigenvalue weighted by Gasteiger charge is -2.50. The maximum Gasteiger partial charge on any atom is 0.417 e. The number of primary amides is 1. The molecule has 0 aromatic heterocycles. The number of aliphatic hydroxyl groups is 3. The van der Waals surface area contributed by atoms with E-state index in [4.69, 9.17) is 10.5 Å². The number of ether oxygens (including phenoxy) is 1. The summed E-state index contributed by atoms with van der Waals surface area (Å²) in [7, 11) is 2.93. The molecule has 5 rings (SSSR count). The highest BCUT2D eigenvalue weighted by Gasteiger charge is 2.63. The number of phenols is 1. The molecule has 1 aliphatic heterocycles. The van der Waals surface area contributed by atoms with Crippen LogP contribution in [-0.4, -0.2) is 99.2 Å². The van der Waals surface area contributed by atoms with E-state index in [1.54, 1.807) is 6.92 Å². The highest BCUT2D eigenvalue weighted by Crippen LogP contribution is 2.54. The number of benzene rings is 1. The summed E-state index contributed by atoms with van der Waals surface area (Å²) in [5.74, 6) is -9.05. The molecule has 6 N–H and O–H groups in total. The third-order valence-electron chi connectivity index (χ3n) is 9.29. The monoisotopic (exact) mass is 609 g/mol. The summed E-state index contributed by atoms with van der Waals surface area (Å²) in [6.45, 7) is 2.88. The van der Waals surface area contributed by atoms with Gasteiger partial charge < -0.3 is 30.9 Å². The van der Waals surface area contributed by atoms with Crippen LogP contribution in [0.5, 0.6) is 5.75 Å². The molecule has 3 aliphatic carbocycles. The van der Waals surface area contributed by atoms with Gasteiger partial charge in [-0.1, -0.05) is 6.92 Å². The minimum atomic E-state index is -4.91. The number of carbonyl (C=O) groups is 3. The van der Waals surface area contributed by atoms with Gasteiger partial charge in [0.2, 0.25) is 5.78 Å². The van der Waals surface area contributed by atoms with E-state index in [1.165, 1.54) is 19.0 Å². The SMILES string of the molecule is CCN(Cc1cc(O)c2c(c1C(F)(F)F)C[C@H]1C[C@H]3[C@H](N(C)C)C(O)=C(C(N)=O)C(=O)[C@@]3(O)C(O)=C1C2=O)C1CCOC1. The van der Waals surface area contributed by atoms with Gasteiger partial charge in [0.15, 0.2) is 11.4 Å². The first-order valence-corrected chi connectivity index (χ1v) is 14.0. The maximum absolute atomic E-state index is 14.8. The highest BCUT2D eigenvalue weighted by molar-refractivity contribution is 6.24. The lowest BCUT2D eigenvalue weighted by molar-refractivity contribution is -0.148. The van der Waals surface area contributed by atoms with Crippen LogP contribution in [0, 0.1) is 11.8 Å². The number of hydrogen-bond donors (Lipinski definition) is 5. The summed E-state index contributed by atoms with van der Waals surface area (Å²) in [4.78, 5) is 42.5. The predicted molar refractivity (Wildman–Crippen MR) is 144 cm³/mol. The average molecular weight is 610 g/mol. The number of phenolic OH excluding ortho intramolecular Hbond substituents is 1. The summed E-state index contributed by atoms with van der Waals surface area (Å²) >= 11 is 0. The smallest absolute Gasteiger partial charge is 0.417 e. The van der Waals surface area contributed by atoms with Crippen LogP contribution in [0.15, 0.2) is 28.7 Å². The summed E-state index contributed by atoms with van der Waals surface area (Å²) in [5, 5.41) is 44.8. The number of hydrogen-bond acceptors (Lipinski definition) is 10. The number of Topliss-reactive ketones (excluding diaryl/α,β-unsaturated/α-hetero) is 2. The fourth-order valence-corrected chi connectivity index (χ4v) is 7.40. The van der Waals surface area contributed by atoms with Gasteiger partial charge >= 0.3 is 6.18 Å². The molecule has 1 fully saturated rings. The molecule has 1 unspecified atom stereocenters. The second kappa shape index (κ2) is 10.6. The Morgan fingerprint density at radius 2 is 1.88 bits per heavy atom. The summed E-state index contributed by atoms with van der Waals surface area (Å²) in [6.07, 6.45) is -5.05. The number of ketones is 2. The van der Waals surface area contributed by atoms with Crippen LogP contribution in [0.2, 0.25) is 0 Å². The molecular weight excluding hydrogens is 575 g/mol. The number of aromatic hydroxyl groups is 1. The zero-order chi connectivity index (χ0) is 31.8. The first-order valence-electron chi connectivity index (χ1n) is 14.0. The van der Waals surface area contributed by atoms with Gasteiger partial charge in [-0.15, -0.1) is 0 Å². The van der Waals surface area contributed by atoms with Crippen LogP contribution in [-0.2, 0) is 33.5 Å². The Bertz CT molecular complexity index is 1460. The molecule has 0 radical (unpaired) electrons. The van der Waals surface area contributed by atoms with Crippen LogP contribution < -0.4 is 5.73 Å². The molecule has 43 heavy (non-hydrogen) atoms. The zero-order valence-electron chi connectivity index (χ0n) is 23.9. The standard InChI is InChI=1S/C29H34F3N3O8/c1-4-35(14-5-6-43-11-14)10-13-9-17(36)19-15(21(13)29(30,31)32)7-12-8-16-22(34(2)3)24(38)20(27(33)41)26(40)28(16,42)25(39)18(12)23(19)37/h9,12,14,16,22,36,38-39,42H,4-8,10-11H2,1-3H3,(H2,33,41)/t12-,14?,16-,22-,28-/m0/s1. The third-order valence-corrected chi connectivity index (χ3v) is 9.29. The van der Waals surface area contributed by atoms with Crippen molar-refractivity contribution in [3.8, 4) is 5.75 Å². The molecule has 4 aliphatic rings. The van der Waals surface area contributed by atoms with Crippen molar-refractivity contribution in [2.24, 2.45) is 17.6 Å². The van der Waals surface area contributed by atoms with E-state index < -0.39 is 98.7 Å². The topological polar surface area (TPSA) is 174 Å². The van der Waals surface area contributed by atoms with Gasteiger partial charge in [0, 0.05) is 30.7 Å². The Kier molecular flexibility index (Phi) is 7.65. The summed E-state index contributed by atoms with van der Waals surface area (Å²) in [6, 6.07) is -0.471. The normalized spacial score (nSPS) is 29.3. The average Bonchev–Trinajstić information content (AvgIpc) is 3.43. The molecular formula is C29H34F3N3O8. The Balaban J connectivity index is 1.68. The molecule has 1 aromatic carbocycles. The van der Waals surface area contributed by atoms with E-state index in [0.717, 1.165) is 6.07 Å². The molecule has 234 valence electrons. The predicted octanol–water partition coefficient (Wildman–Crippen LogP) is 1.75. The quantitative estimate of drug-likeness (QED) is 0.299. The third kappa shape index (κ3) is 4.62. The van der Waals surface area contributed by atoms with Crippen LogP contribution >= 0.6 is 0 Å². The molecule has 0 saturated carbocycles. The van der Waals surface area contributed by atoms with Crippen molar-refractivity contribution in [3.63, 3.8) is 0 Å². The van der Waals surface area contributed by atoms with E-state index in [2.05, 4.69) is 0 Å². The van der Waals surface area contributed by atoms with E-state index >= 15 is 0 Å². The van der Waals surface area contributed by atoms with Gasteiger partial charge in [-0.25, -0.2) is 0 Å². The minimum absolute atomic E-state index is 0.119. The van der Waals surface area contributed by atoms with Crippen molar-refractivity contribution in [2.75, 3.05) is 33.9 Å². The number of aliphatic hydroxyl groups excluding tert-OH is 2. The number of allylic oxidation sites excluding steroid dienone is 1. The van der Waals surface area contributed by atoms with Crippen LogP contribution in [0.3, 0.4) is 0 Å².